The summed E-state index contributed by atoms with van der Waals surface area (Å²) in [7, 11) is 0. The van der Waals surface area contributed by atoms with Crippen molar-refractivity contribution in [3.63, 3.8) is 0 Å². The van der Waals surface area contributed by atoms with Gasteiger partial charge >= 0.3 is 0 Å². The molecule has 1 aromatic carbocycles. The van der Waals surface area contributed by atoms with Crippen molar-refractivity contribution in [1.82, 2.24) is 20.1 Å². The highest BCUT2D eigenvalue weighted by Crippen LogP contribution is 2.38. The SMILES string of the molecule is CC(C)(C)CC(=O)N1CSCC1C(=O)Nc1cccc(-c2n[nH]c(C3CC3)n2)c1. The summed E-state index contributed by atoms with van der Waals surface area (Å²) in [6, 6.07) is 7.09. The lowest BCUT2D eigenvalue weighted by Gasteiger charge is -2.26. The molecule has 1 aliphatic heterocycles. The molecule has 1 aliphatic carbocycles. The molecule has 8 heteroatoms. The molecule has 2 amide bonds. The van der Waals surface area contributed by atoms with Crippen LogP contribution >= 0.6 is 11.8 Å². The fourth-order valence-corrected chi connectivity index (χ4v) is 4.55. The molecule has 2 N–H and O–H groups in total. The van der Waals surface area contributed by atoms with E-state index < -0.39 is 6.04 Å². The molecule has 2 aromatic rings. The molecular formula is C21H27N5O2S. The van der Waals surface area contributed by atoms with E-state index in [2.05, 4.69) is 20.5 Å². The Morgan fingerprint density at radius 2 is 2.10 bits per heavy atom. The monoisotopic (exact) mass is 413 g/mol. The summed E-state index contributed by atoms with van der Waals surface area (Å²) in [6.07, 6.45) is 2.75. The van der Waals surface area contributed by atoms with Gasteiger partial charge in [-0.2, -0.15) is 5.10 Å². The van der Waals surface area contributed by atoms with Gasteiger partial charge in [-0.15, -0.1) is 11.8 Å². The number of aromatic amines is 1. The van der Waals surface area contributed by atoms with Crippen molar-refractivity contribution in [2.75, 3.05) is 16.9 Å². The van der Waals surface area contributed by atoms with E-state index in [1.54, 1.807) is 16.7 Å². The summed E-state index contributed by atoms with van der Waals surface area (Å²) < 4.78 is 0. The van der Waals surface area contributed by atoms with Gasteiger partial charge in [0.1, 0.15) is 11.9 Å². The lowest BCUT2D eigenvalue weighted by molar-refractivity contribution is -0.137. The van der Waals surface area contributed by atoms with Gasteiger partial charge in [-0.25, -0.2) is 4.98 Å². The molecule has 1 saturated heterocycles. The zero-order valence-corrected chi connectivity index (χ0v) is 17.9. The Morgan fingerprint density at radius 3 is 2.83 bits per heavy atom. The maximum atomic E-state index is 12.9. The molecule has 0 spiro atoms. The van der Waals surface area contributed by atoms with E-state index in [9.17, 15) is 9.59 Å². The molecular weight excluding hydrogens is 386 g/mol. The van der Waals surface area contributed by atoms with E-state index in [-0.39, 0.29) is 17.2 Å². The zero-order chi connectivity index (χ0) is 20.6. The minimum Gasteiger partial charge on any atom is -0.324 e. The molecule has 1 saturated carbocycles. The van der Waals surface area contributed by atoms with Gasteiger partial charge < -0.3 is 10.2 Å². The van der Waals surface area contributed by atoms with Crippen LogP contribution in [0.25, 0.3) is 11.4 Å². The van der Waals surface area contributed by atoms with Crippen LogP contribution in [-0.2, 0) is 9.59 Å². The molecule has 1 aromatic heterocycles. The van der Waals surface area contributed by atoms with Crippen molar-refractivity contribution < 1.29 is 9.59 Å². The van der Waals surface area contributed by atoms with Crippen molar-refractivity contribution in [1.29, 1.82) is 0 Å². The maximum Gasteiger partial charge on any atom is 0.248 e. The predicted octanol–water partition coefficient (Wildman–Crippen LogP) is 3.63. The van der Waals surface area contributed by atoms with E-state index in [1.807, 2.05) is 45.0 Å². The summed E-state index contributed by atoms with van der Waals surface area (Å²) in [5.41, 5.74) is 1.44. The Hall–Kier alpha value is -2.35. The van der Waals surface area contributed by atoms with Crippen molar-refractivity contribution in [3.05, 3.63) is 30.1 Å². The lowest BCUT2D eigenvalue weighted by atomic mass is 9.91. The summed E-state index contributed by atoms with van der Waals surface area (Å²) in [4.78, 5) is 31.8. The summed E-state index contributed by atoms with van der Waals surface area (Å²) in [5.74, 6) is 3.15. The molecule has 2 aliphatic rings. The fourth-order valence-electron chi connectivity index (χ4n) is 3.37. The molecule has 1 atom stereocenters. The third-order valence-electron chi connectivity index (χ3n) is 5.04. The van der Waals surface area contributed by atoms with Gasteiger partial charge in [0.2, 0.25) is 11.8 Å². The van der Waals surface area contributed by atoms with Crippen LogP contribution < -0.4 is 5.32 Å². The summed E-state index contributed by atoms with van der Waals surface area (Å²) >= 11 is 1.61. The Balaban J connectivity index is 1.44. The Morgan fingerprint density at radius 1 is 1.31 bits per heavy atom. The largest absolute Gasteiger partial charge is 0.324 e. The lowest BCUT2D eigenvalue weighted by Crippen LogP contribution is -2.45. The van der Waals surface area contributed by atoms with Crippen LogP contribution in [0.1, 0.15) is 51.8 Å². The number of anilines is 1. The number of nitrogens with zero attached hydrogens (tertiary/aromatic N) is 3. The molecule has 1 unspecified atom stereocenters. The number of thioether (sulfide) groups is 1. The highest BCUT2D eigenvalue weighted by atomic mass is 32.2. The first-order valence-electron chi connectivity index (χ1n) is 10.0. The number of rotatable bonds is 5. The van der Waals surface area contributed by atoms with Gasteiger partial charge in [-0.05, 0) is 30.4 Å². The molecule has 0 radical (unpaired) electrons. The second-order valence-corrected chi connectivity index (χ2v) is 10.0. The minimum atomic E-state index is -0.441. The Kier molecular flexibility index (Phi) is 5.38. The average molecular weight is 414 g/mol. The fraction of sp³-hybridized carbons (Fsp3) is 0.524. The Bertz CT molecular complexity index is 916. The number of H-pyrrole nitrogens is 1. The molecule has 0 bridgehead atoms. The normalized spacial score (nSPS) is 19.4. The number of hydrogen-bond donors (Lipinski definition) is 2. The Labute approximate surface area is 175 Å². The number of amides is 2. The van der Waals surface area contributed by atoms with Crippen LogP contribution in [0.2, 0.25) is 0 Å². The summed E-state index contributed by atoms with van der Waals surface area (Å²) in [6.45, 7) is 6.10. The first-order chi connectivity index (χ1) is 13.8. The first-order valence-corrected chi connectivity index (χ1v) is 11.2. The number of benzene rings is 1. The van der Waals surface area contributed by atoms with Gasteiger partial charge in [-0.1, -0.05) is 32.9 Å². The van der Waals surface area contributed by atoms with Gasteiger partial charge in [0.15, 0.2) is 5.82 Å². The number of carbonyl (C=O) groups is 2. The van der Waals surface area contributed by atoms with E-state index in [1.165, 1.54) is 0 Å². The van der Waals surface area contributed by atoms with Crippen molar-refractivity contribution in [2.45, 2.75) is 52.0 Å². The van der Waals surface area contributed by atoms with Crippen LogP contribution in [-0.4, -0.2) is 49.6 Å². The standard InChI is InChI=1S/C21H27N5O2S/c1-21(2,3)10-17(27)26-12-29-11-16(26)20(28)22-15-6-4-5-14(9-15)19-23-18(24-25-19)13-7-8-13/h4-6,9,13,16H,7-8,10-12H2,1-3H3,(H,22,28)(H,23,24,25). The third-order valence-corrected chi connectivity index (χ3v) is 6.05. The van der Waals surface area contributed by atoms with Crippen LogP contribution in [0.5, 0.6) is 0 Å². The highest BCUT2D eigenvalue weighted by Gasteiger charge is 2.36. The van der Waals surface area contributed by atoms with E-state index in [0.717, 1.165) is 24.2 Å². The average Bonchev–Trinajstić information content (AvgIpc) is 3.19. The summed E-state index contributed by atoms with van der Waals surface area (Å²) in [5, 5.41) is 10.3. The van der Waals surface area contributed by atoms with Gasteiger partial charge in [0.25, 0.3) is 0 Å². The van der Waals surface area contributed by atoms with Crippen LogP contribution in [0, 0.1) is 5.41 Å². The predicted molar refractivity (Wildman–Crippen MR) is 114 cm³/mol. The van der Waals surface area contributed by atoms with Gasteiger partial charge in [0.05, 0.1) is 5.88 Å². The van der Waals surface area contributed by atoms with Gasteiger partial charge in [0, 0.05) is 29.3 Å². The zero-order valence-electron chi connectivity index (χ0n) is 17.1. The molecule has 7 nitrogen and oxygen atoms in total. The second-order valence-electron chi connectivity index (χ2n) is 9.01. The number of hydrogen-bond acceptors (Lipinski definition) is 5. The van der Waals surface area contributed by atoms with Crippen molar-refractivity contribution in [3.8, 4) is 11.4 Å². The molecule has 2 heterocycles. The highest BCUT2D eigenvalue weighted by molar-refractivity contribution is 7.99. The molecule has 154 valence electrons. The topological polar surface area (TPSA) is 91.0 Å². The van der Waals surface area contributed by atoms with E-state index in [0.29, 0.717) is 35.5 Å². The third kappa shape index (κ3) is 4.80. The molecule has 2 fully saturated rings. The van der Waals surface area contributed by atoms with Crippen LogP contribution in [0.3, 0.4) is 0 Å². The number of carbonyl (C=O) groups excluding carboxylic acids is 2. The first kappa shape index (κ1) is 19.9. The quantitative estimate of drug-likeness (QED) is 0.781. The van der Waals surface area contributed by atoms with Crippen molar-refractivity contribution >= 4 is 29.3 Å². The maximum absolute atomic E-state index is 12.9. The van der Waals surface area contributed by atoms with E-state index in [4.69, 9.17) is 0 Å². The molecule has 29 heavy (non-hydrogen) atoms. The minimum absolute atomic E-state index is 0.0322. The van der Waals surface area contributed by atoms with Crippen LogP contribution in [0.4, 0.5) is 5.69 Å². The second kappa shape index (κ2) is 7.82. The van der Waals surface area contributed by atoms with Crippen LogP contribution in [0.15, 0.2) is 24.3 Å². The van der Waals surface area contributed by atoms with Gasteiger partial charge in [-0.3, -0.25) is 14.7 Å². The molecule has 4 rings (SSSR count). The van der Waals surface area contributed by atoms with Crippen molar-refractivity contribution in [2.24, 2.45) is 5.41 Å². The smallest absolute Gasteiger partial charge is 0.248 e. The van der Waals surface area contributed by atoms with E-state index >= 15 is 0 Å². The number of nitrogens with one attached hydrogen (secondary N) is 2. The number of aromatic nitrogens is 3.